The van der Waals surface area contributed by atoms with Crippen LogP contribution in [0.25, 0.3) is 0 Å². The van der Waals surface area contributed by atoms with Crippen molar-refractivity contribution >= 4 is 20.3 Å². The molecule has 2 aliphatic rings. The maximum absolute atomic E-state index is 11.9. The third-order valence-electron chi connectivity index (χ3n) is 7.86. The monoisotopic (exact) mass is 494 g/mol. The number of carboxylic acids is 1. The van der Waals surface area contributed by atoms with Crippen molar-refractivity contribution in [3.63, 3.8) is 0 Å². The zero-order valence-electron chi connectivity index (χ0n) is 22.9. The number of allylic oxidation sites excluding steroid dienone is 1. The van der Waals surface area contributed by atoms with Gasteiger partial charge in [-0.25, -0.2) is 9.79 Å². The van der Waals surface area contributed by atoms with Gasteiger partial charge >= 0.3 is 5.97 Å². The van der Waals surface area contributed by atoms with Gasteiger partial charge < -0.3 is 14.3 Å². The molecule has 34 heavy (non-hydrogen) atoms. The number of carbonyl (C=O) groups is 1. The predicted octanol–water partition coefficient (Wildman–Crippen LogP) is 7.12. The highest BCUT2D eigenvalue weighted by atomic mass is 28.4. The van der Waals surface area contributed by atoms with E-state index in [1.165, 1.54) is 25.7 Å². The first-order chi connectivity index (χ1) is 16.2. The summed E-state index contributed by atoms with van der Waals surface area (Å²) in [5, 5.41) is 9.80. The first kappa shape index (κ1) is 28.9. The second-order valence-electron chi connectivity index (χ2n) is 11.0. The lowest BCUT2D eigenvalue weighted by Crippen LogP contribution is -2.47. The number of aliphatic imine (C=N–C) groups is 1. The van der Waals surface area contributed by atoms with E-state index in [4.69, 9.17) is 9.16 Å². The van der Waals surface area contributed by atoms with E-state index < -0.39 is 14.3 Å². The van der Waals surface area contributed by atoms with Crippen LogP contribution < -0.4 is 0 Å². The Hall–Kier alpha value is -1.34. The quantitative estimate of drug-likeness (QED) is 0.194. The summed E-state index contributed by atoms with van der Waals surface area (Å²) in [4.78, 5) is 18.5. The summed E-state index contributed by atoms with van der Waals surface area (Å²) in [6.45, 7) is 15.8. The third-order valence-corrected chi connectivity index (χ3v) is 14.0. The number of aliphatic carboxylic acids is 1. The maximum Gasteiger partial charge on any atom is 0.335 e. The highest BCUT2D eigenvalue weighted by Gasteiger charge is 2.44. The van der Waals surface area contributed by atoms with Gasteiger partial charge in [-0.1, -0.05) is 80.1 Å². The van der Waals surface area contributed by atoms with Crippen LogP contribution in [-0.4, -0.2) is 56.6 Å². The summed E-state index contributed by atoms with van der Waals surface area (Å²) in [6.07, 6.45) is 10.7. The van der Waals surface area contributed by atoms with Gasteiger partial charge in [-0.05, 0) is 42.3 Å². The topological polar surface area (TPSA) is 71.4 Å². The van der Waals surface area contributed by atoms with Gasteiger partial charge in [-0.3, -0.25) is 4.90 Å². The highest BCUT2D eigenvalue weighted by molar-refractivity contribution is 6.77. The molecule has 0 aliphatic carbocycles. The van der Waals surface area contributed by atoms with Gasteiger partial charge in [0.25, 0.3) is 6.02 Å². The van der Waals surface area contributed by atoms with Crippen LogP contribution in [0.15, 0.2) is 16.3 Å². The normalized spacial score (nSPS) is 18.8. The number of rotatable bonds is 15. The molecule has 0 radical (unpaired) electrons. The standard InChI is InChI=1S/C27H50N2O4Si/c1-20(2)34(21(3)4,22(5)6)33-19-14-12-10-8-9-11-13-16-23-25(26(30)31)24-17-15-18-29(24)27(28-23)32-7/h20-23H,8-19H2,1-7H3,(H,30,31)/t23-/m1/s1. The molecule has 0 saturated carbocycles. The van der Waals surface area contributed by atoms with Crippen LogP contribution in [0.4, 0.5) is 0 Å². The molecule has 0 unspecified atom stereocenters. The molecule has 2 aliphatic heterocycles. The summed E-state index contributed by atoms with van der Waals surface area (Å²) >= 11 is 0. The number of hydrogen-bond donors (Lipinski definition) is 1. The SMILES string of the molecule is COC1=N[C@H](CCCCCCCCCO[Si](C(C)C)(C(C)C)C(C)C)C(C(=O)O)=C2CCCN12. The second kappa shape index (κ2) is 13.7. The van der Waals surface area contributed by atoms with Crippen molar-refractivity contribution in [2.45, 2.75) is 128 Å². The van der Waals surface area contributed by atoms with Gasteiger partial charge in [0.15, 0.2) is 8.32 Å². The van der Waals surface area contributed by atoms with E-state index in [-0.39, 0.29) is 6.04 Å². The number of hydrogen-bond acceptors (Lipinski definition) is 5. The summed E-state index contributed by atoms with van der Waals surface area (Å²) in [5.74, 6) is -0.826. The van der Waals surface area contributed by atoms with Gasteiger partial charge in [-0.2, -0.15) is 0 Å². The highest BCUT2D eigenvalue weighted by Crippen LogP contribution is 2.42. The lowest BCUT2D eigenvalue weighted by atomic mass is 9.96. The van der Waals surface area contributed by atoms with Crippen molar-refractivity contribution < 1.29 is 19.1 Å². The Morgan fingerprint density at radius 3 is 2.09 bits per heavy atom. The first-order valence-electron chi connectivity index (χ1n) is 13.7. The van der Waals surface area contributed by atoms with E-state index in [0.717, 1.165) is 57.4 Å². The third kappa shape index (κ3) is 6.87. The molecular weight excluding hydrogens is 444 g/mol. The maximum atomic E-state index is 11.9. The lowest BCUT2D eigenvalue weighted by molar-refractivity contribution is -0.133. The molecule has 2 rings (SSSR count). The molecule has 1 fully saturated rings. The zero-order valence-corrected chi connectivity index (χ0v) is 23.9. The summed E-state index contributed by atoms with van der Waals surface area (Å²) in [5.41, 5.74) is 3.34. The number of amidine groups is 1. The smallest absolute Gasteiger partial charge is 0.335 e. The Balaban J connectivity index is 1.67. The molecule has 7 heteroatoms. The molecule has 0 aromatic carbocycles. The summed E-state index contributed by atoms with van der Waals surface area (Å²) in [7, 11) is -0.104. The average Bonchev–Trinajstić information content (AvgIpc) is 3.25. The van der Waals surface area contributed by atoms with E-state index in [1.807, 2.05) is 4.90 Å². The number of carboxylic acid groups (broad SMARTS) is 1. The van der Waals surface area contributed by atoms with E-state index >= 15 is 0 Å². The first-order valence-corrected chi connectivity index (χ1v) is 15.8. The van der Waals surface area contributed by atoms with Gasteiger partial charge in [0.2, 0.25) is 0 Å². The molecule has 0 bridgehead atoms. The van der Waals surface area contributed by atoms with Crippen molar-refractivity contribution in [2.75, 3.05) is 20.3 Å². The number of methoxy groups -OCH3 is 1. The average molecular weight is 495 g/mol. The molecule has 2 heterocycles. The van der Waals surface area contributed by atoms with Crippen LogP contribution >= 0.6 is 0 Å². The number of ether oxygens (including phenoxy) is 1. The van der Waals surface area contributed by atoms with E-state index in [0.29, 0.717) is 28.2 Å². The van der Waals surface area contributed by atoms with Crippen molar-refractivity contribution in [3.8, 4) is 0 Å². The molecule has 1 N–H and O–H groups in total. The Morgan fingerprint density at radius 1 is 1.00 bits per heavy atom. The van der Waals surface area contributed by atoms with Gasteiger partial charge in [0.1, 0.15) is 0 Å². The molecular formula is C27H50N2O4Si. The van der Waals surface area contributed by atoms with Gasteiger partial charge in [0.05, 0.1) is 18.7 Å². The number of unbranched alkanes of at least 4 members (excludes halogenated alkanes) is 6. The molecule has 0 spiro atoms. The molecule has 6 nitrogen and oxygen atoms in total. The molecule has 0 amide bonds. The number of fused-ring (bicyclic) bond motifs is 1. The van der Waals surface area contributed by atoms with Crippen molar-refractivity contribution in [2.24, 2.45) is 4.99 Å². The number of nitrogens with zero attached hydrogens (tertiary/aromatic N) is 2. The van der Waals surface area contributed by atoms with Gasteiger partial charge in [-0.15, -0.1) is 0 Å². The minimum atomic E-state index is -1.73. The van der Waals surface area contributed by atoms with Crippen LogP contribution in [0, 0.1) is 0 Å². The fraction of sp³-hybridized carbons (Fsp3) is 0.852. The largest absolute Gasteiger partial charge is 0.478 e. The van der Waals surface area contributed by atoms with E-state index in [2.05, 4.69) is 46.5 Å². The minimum Gasteiger partial charge on any atom is -0.478 e. The van der Waals surface area contributed by atoms with Crippen molar-refractivity contribution in [3.05, 3.63) is 11.3 Å². The second-order valence-corrected chi connectivity index (χ2v) is 16.4. The molecule has 196 valence electrons. The molecule has 0 aromatic rings. The van der Waals surface area contributed by atoms with E-state index in [1.54, 1.807) is 7.11 Å². The molecule has 0 aromatic heterocycles. The Labute approximate surface area is 209 Å². The Kier molecular flexibility index (Phi) is 11.6. The Morgan fingerprint density at radius 2 is 1.56 bits per heavy atom. The zero-order chi connectivity index (χ0) is 25.3. The fourth-order valence-corrected chi connectivity index (χ4v) is 11.8. The van der Waals surface area contributed by atoms with Crippen LogP contribution in [0.5, 0.6) is 0 Å². The van der Waals surface area contributed by atoms with E-state index in [9.17, 15) is 9.90 Å². The summed E-state index contributed by atoms with van der Waals surface area (Å²) in [6, 6.07) is 0.311. The predicted molar refractivity (Wildman–Crippen MR) is 143 cm³/mol. The van der Waals surface area contributed by atoms with Crippen LogP contribution in [0.1, 0.15) is 106 Å². The van der Waals surface area contributed by atoms with Gasteiger partial charge in [0, 0.05) is 18.8 Å². The van der Waals surface area contributed by atoms with Crippen molar-refractivity contribution in [1.29, 1.82) is 0 Å². The van der Waals surface area contributed by atoms with Crippen LogP contribution in [0.3, 0.4) is 0 Å². The van der Waals surface area contributed by atoms with Crippen molar-refractivity contribution in [1.82, 2.24) is 4.90 Å². The molecule has 1 saturated heterocycles. The molecule has 1 atom stereocenters. The minimum absolute atomic E-state index is 0.277. The lowest BCUT2D eigenvalue weighted by Gasteiger charge is -2.42. The summed E-state index contributed by atoms with van der Waals surface area (Å²) < 4.78 is 12.1. The fourth-order valence-electron chi connectivity index (χ4n) is 6.34. The Bertz CT molecular complexity index is 696. The van der Waals surface area contributed by atoms with Crippen LogP contribution in [0.2, 0.25) is 16.6 Å². The van der Waals surface area contributed by atoms with Crippen LogP contribution in [-0.2, 0) is 14.0 Å².